The standard InChI is InChI=1S/C18H20N4O2/c1-10(2)9-24-15-5-3-4-12(16(15)23)18-21-13-7-6-11(17(19)20)8-14(13)22-18/h3-8,10,18,23H,9H2,1-2H3,(H3,19,20)/p+1. The van der Waals surface area contributed by atoms with Gasteiger partial charge in [-0.25, -0.2) is 9.98 Å². The number of benzene rings is 2. The topological polar surface area (TPSA) is 110 Å². The highest BCUT2D eigenvalue weighted by Gasteiger charge is 2.21. The van der Waals surface area contributed by atoms with Crippen molar-refractivity contribution in [1.29, 1.82) is 0 Å². The maximum atomic E-state index is 12.6. The quantitative estimate of drug-likeness (QED) is 0.411. The summed E-state index contributed by atoms with van der Waals surface area (Å²) in [6.07, 6.45) is -0.440. The molecule has 3 rings (SSSR count). The summed E-state index contributed by atoms with van der Waals surface area (Å²) >= 11 is 0. The average Bonchev–Trinajstić information content (AvgIpc) is 2.96. The minimum absolute atomic E-state index is 0.141. The van der Waals surface area contributed by atoms with Crippen LogP contribution in [0.4, 0.5) is 0 Å². The third-order valence-electron chi connectivity index (χ3n) is 3.77. The van der Waals surface area contributed by atoms with Gasteiger partial charge in [-0.15, -0.1) is 0 Å². The maximum absolute atomic E-state index is 12.6. The molecule has 0 spiro atoms. The highest BCUT2D eigenvalue weighted by molar-refractivity contribution is 5.92. The summed E-state index contributed by atoms with van der Waals surface area (Å²) in [6, 6.07) is 10.8. The normalized spacial score (nSPS) is 15.5. The van der Waals surface area contributed by atoms with Crippen LogP contribution in [0.2, 0.25) is 0 Å². The number of para-hydroxylation sites is 1. The first-order valence-corrected chi connectivity index (χ1v) is 7.88. The maximum Gasteiger partial charge on any atom is 0.271 e. The van der Waals surface area contributed by atoms with Gasteiger partial charge in [0.15, 0.2) is 0 Å². The Balaban J connectivity index is 1.95. The number of hydrogen-bond donors (Lipinski definition) is 3. The molecular weight excluding hydrogens is 304 g/mol. The van der Waals surface area contributed by atoms with Crippen molar-refractivity contribution in [3.8, 4) is 11.5 Å². The molecule has 124 valence electrons. The molecular formula is C18H21N4O2+. The molecule has 0 aliphatic carbocycles. The zero-order valence-electron chi connectivity index (χ0n) is 13.7. The van der Waals surface area contributed by atoms with Crippen molar-refractivity contribution < 1.29 is 20.2 Å². The Hall–Kier alpha value is -2.89. The molecule has 1 unspecified atom stereocenters. The number of nitrogens with one attached hydrogen (secondary N) is 1. The fourth-order valence-electron chi connectivity index (χ4n) is 2.52. The number of ether oxygens (including phenoxy) is 1. The van der Waals surface area contributed by atoms with E-state index < -0.39 is 6.17 Å². The van der Waals surface area contributed by atoms with Gasteiger partial charge >= 0.3 is 0 Å². The Labute approximate surface area is 139 Å². The van der Waals surface area contributed by atoms with Crippen LogP contribution in [0.15, 0.2) is 41.4 Å². The second kappa shape index (κ2) is 6.31. The summed E-state index contributed by atoms with van der Waals surface area (Å²) in [5.41, 5.74) is 6.89. The van der Waals surface area contributed by atoms with Crippen molar-refractivity contribution in [2.75, 3.05) is 6.61 Å². The van der Waals surface area contributed by atoms with Gasteiger partial charge in [-0.1, -0.05) is 31.7 Å². The molecule has 1 aliphatic heterocycles. The molecule has 0 saturated carbocycles. The van der Waals surface area contributed by atoms with E-state index in [0.717, 1.165) is 16.3 Å². The fraction of sp³-hybridized carbons (Fsp3) is 0.278. The highest BCUT2D eigenvalue weighted by Crippen LogP contribution is 2.30. The van der Waals surface area contributed by atoms with Crippen molar-refractivity contribution in [1.82, 2.24) is 0 Å². The number of nitrogens with zero attached hydrogens (tertiary/aromatic N) is 1. The lowest BCUT2D eigenvalue weighted by molar-refractivity contribution is -0.542. The molecule has 0 amide bonds. The minimum atomic E-state index is -0.440. The van der Waals surface area contributed by atoms with E-state index in [1.54, 1.807) is 18.2 Å². The predicted octanol–water partition coefficient (Wildman–Crippen LogP) is -2.71. The average molecular weight is 325 g/mol. The Bertz CT molecular complexity index is 906. The molecule has 24 heavy (non-hydrogen) atoms. The van der Waals surface area contributed by atoms with E-state index in [9.17, 15) is 5.11 Å². The van der Waals surface area contributed by atoms with Gasteiger partial charge in [0.1, 0.15) is 11.1 Å². The van der Waals surface area contributed by atoms with Gasteiger partial charge in [-0.2, -0.15) is 0 Å². The van der Waals surface area contributed by atoms with Crippen molar-refractivity contribution >= 4 is 5.84 Å². The van der Waals surface area contributed by atoms with Gasteiger partial charge in [0.25, 0.3) is 12.0 Å². The van der Waals surface area contributed by atoms with E-state index in [4.69, 9.17) is 15.9 Å². The highest BCUT2D eigenvalue weighted by atomic mass is 16.5. The Morgan fingerprint density at radius 2 is 2.17 bits per heavy atom. The van der Waals surface area contributed by atoms with Gasteiger partial charge in [-0.3, -0.25) is 11.1 Å². The zero-order valence-corrected chi connectivity index (χ0v) is 13.7. The molecule has 1 heterocycles. The molecule has 0 radical (unpaired) electrons. The van der Waals surface area contributed by atoms with E-state index in [0.29, 0.717) is 23.8 Å². The van der Waals surface area contributed by atoms with E-state index in [-0.39, 0.29) is 11.6 Å². The van der Waals surface area contributed by atoms with Crippen LogP contribution in [-0.2, 0) is 0 Å². The van der Waals surface area contributed by atoms with Crippen LogP contribution in [0.25, 0.3) is 0 Å². The number of amidine groups is 1. The van der Waals surface area contributed by atoms with E-state index >= 15 is 0 Å². The van der Waals surface area contributed by atoms with Gasteiger partial charge in [0.2, 0.25) is 5.36 Å². The zero-order chi connectivity index (χ0) is 17.3. The van der Waals surface area contributed by atoms with Crippen LogP contribution in [0.3, 0.4) is 0 Å². The van der Waals surface area contributed by atoms with Crippen LogP contribution in [0.1, 0.15) is 31.1 Å². The van der Waals surface area contributed by atoms with Gasteiger partial charge in [0.05, 0.1) is 12.2 Å². The number of rotatable bonds is 5. The number of fused-ring (bicyclic) bond motifs is 1. The lowest BCUT2D eigenvalue weighted by Gasteiger charge is -2.19. The summed E-state index contributed by atoms with van der Waals surface area (Å²) in [6.45, 7) is 4.58. The second-order valence-electron chi connectivity index (χ2n) is 6.24. The molecule has 0 aromatic heterocycles. The smallest absolute Gasteiger partial charge is 0.271 e. The Kier molecular flexibility index (Phi) is 4.20. The Morgan fingerprint density at radius 1 is 1.38 bits per heavy atom. The summed E-state index contributed by atoms with van der Waals surface area (Å²) < 4.78 is 5.61. The predicted molar refractivity (Wildman–Crippen MR) is 86.5 cm³/mol. The summed E-state index contributed by atoms with van der Waals surface area (Å²) in [5.74, 6) is 0.805. The minimum Gasteiger partial charge on any atom is -0.870 e. The summed E-state index contributed by atoms with van der Waals surface area (Å²) in [4.78, 5) is 7.81. The van der Waals surface area contributed by atoms with E-state index in [1.165, 1.54) is 0 Å². The van der Waals surface area contributed by atoms with Crippen LogP contribution >= 0.6 is 0 Å². The fourth-order valence-corrected chi connectivity index (χ4v) is 2.52. The van der Waals surface area contributed by atoms with Crippen molar-refractivity contribution in [3.05, 3.63) is 58.2 Å². The molecule has 0 saturated heterocycles. The molecule has 0 fully saturated rings. The van der Waals surface area contributed by atoms with E-state index in [1.807, 2.05) is 32.0 Å². The first-order valence-electron chi connectivity index (χ1n) is 7.88. The third-order valence-corrected chi connectivity index (χ3v) is 3.77. The SMILES string of the molecule is CC(C)COc1cccc(C2N=c3cc(C(N)=[NH2+])ccc3=[NH+]2)c1[O-]. The lowest BCUT2D eigenvalue weighted by atomic mass is 10.1. The van der Waals surface area contributed by atoms with Crippen molar-refractivity contribution in [2.24, 2.45) is 16.6 Å². The molecule has 2 aromatic rings. The third kappa shape index (κ3) is 3.08. The molecule has 1 atom stereocenters. The molecule has 2 aromatic carbocycles. The van der Waals surface area contributed by atoms with Gasteiger partial charge in [0, 0.05) is 11.6 Å². The van der Waals surface area contributed by atoms with Crippen LogP contribution in [0, 0.1) is 5.92 Å². The van der Waals surface area contributed by atoms with Gasteiger partial charge < -0.3 is 9.84 Å². The van der Waals surface area contributed by atoms with Crippen LogP contribution in [0.5, 0.6) is 11.5 Å². The van der Waals surface area contributed by atoms with Crippen molar-refractivity contribution in [2.45, 2.75) is 20.0 Å². The first-order chi connectivity index (χ1) is 11.5. The number of nitrogens with two attached hydrogens (primary N) is 2. The first kappa shape index (κ1) is 16.0. The lowest BCUT2D eigenvalue weighted by Crippen LogP contribution is -2.76. The second-order valence-corrected chi connectivity index (χ2v) is 6.24. The molecule has 1 aliphatic rings. The molecule has 6 heteroatoms. The molecule has 6 nitrogen and oxygen atoms in total. The molecule has 0 bridgehead atoms. The van der Waals surface area contributed by atoms with E-state index in [2.05, 4.69) is 9.98 Å². The summed E-state index contributed by atoms with van der Waals surface area (Å²) in [7, 11) is 0. The molecule has 5 N–H and O–H groups in total. The summed E-state index contributed by atoms with van der Waals surface area (Å²) in [5, 5.41) is 19.8. The van der Waals surface area contributed by atoms with Gasteiger partial charge in [-0.05, 0) is 24.1 Å². The van der Waals surface area contributed by atoms with Crippen LogP contribution < -0.4 is 36.7 Å². The number of hydrogen-bond acceptors (Lipinski definition) is 3. The van der Waals surface area contributed by atoms with Crippen molar-refractivity contribution in [3.63, 3.8) is 0 Å². The largest absolute Gasteiger partial charge is 0.870 e. The van der Waals surface area contributed by atoms with Crippen LogP contribution in [-0.4, -0.2) is 12.4 Å². The monoisotopic (exact) mass is 325 g/mol. The Morgan fingerprint density at radius 3 is 2.88 bits per heavy atom.